The van der Waals surface area contributed by atoms with Crippen molar-refractivity contribution in [1.82, 2.24) is 0 Å². The van der Waals surface area contributed by atoms with Crippen LogP contribution in [-0.2, 0) is 21.3 Å². The number of rotatable bonds is 6. The molecule has 3 rings (SSSR count). The fraction of sp³-hybridized carbons (Fsp3) is 0.0952. The van der Waals surface area contributed by atoms with Crippen LogP contribution in [0.25, 0.3) is 0 Å². The summed E-state index contributed by atoms with van der Waals surface area (Å²) in [4.78, 5) is 12.4. The summed E-state index contributed by atoms with van der Waals surface area (Å²) in [7, 11) is -3.58. The van der Waals surface area contributed by atoms with Gasteiger partial charge in [-0.05, 0) is 35.9 Å². The zero-order chi connectivity index (χ0) is 19.3. The van der Waals surface area contributed by atoms with Gasteiger partial charge in [0.1, 0.15) is 5.82 Å². The van der Waals surface area contributed by atoms with Gasteiger partial charge in [0.15, 0.2) is 9.84 Å². The molecule has 0 fully saturated rings. The lowest BCUT2D eigenvalue weighted by Crippen LogP contribution is -2.13. The van der Waals surface area contributed by atoms with Gasteiger partial charge in [-0.15, -0.1) is 0 Å². The van der Waals surface area contributed by atoms with Gasteiger partial charge in [-0.25, -0.2) is 12.8 Å². The molecular formula is C21H18FNO3S. The maximum atomic E-state index is 13.7. The Morgan fingerprint density at radius 1 is 0.852 bits per heavy atom. The molecule has 0 aliphatic carbocycles. The van der Waals surface area contributed by atoms with Crippen molar-refractivity contribution in [1.29, 1.82) is 0 Å². The predicted molar refractivity (Wildman–Crippen MR) is 104 cm³/mol. The second kappa shape index (κ2) is 8.14. The van der Waals surface area contributed by atoms with E-state index < -0.39 is 15.7 Å². The summed E-state index contributed by atoms with van der Waals surface area (Å²) in [5.41, 5.74) is 1.63. The van der Waals surface area contributed by atoms with Crippen LogP contribution in [0.3, 0.4) is 0 Å². The van der Waals surface area contributed by atoms with Gasteiger partial charge in [0.2, 0.25) is 0 Å². The molecule has 0 saturated heterocycles. The molecule has 4 nitrogen and oxygen atoms in total. The summed E-state index contributed by atoms with van der Waals surface area (Å²) < 4.78 is 38.6. The Kier molecular flexibility index (Phi) is 5.66. The van der Waals surface area contributed by atoms with Crippen LogP contribution in [0.1, 0.15) is 21.5 Å². The van der Waals surface area contributed by atoms with Crippen LogP contribution < -0.4 is 5.32 Å². The van der Waals surface area contributed by atoms with Gasteiger partial charge in [-0.2, -0.15) is 0 Å². The molecule has 0 atom stereocenters. The van der Waals surface area contributed by atoms with Crippen molar-refractivity contribution in [2.24, 2.45) is 0 Å². The van der Waals surface area contributed by atoms with E-state index in [2.05, 4.69) is 5.32 Å². The van der Waals surface area contributed by atoms with E-state index >= 15 is 0 Å². The lowest BCUT2D eigenvalue weighted by atomic mass is 10.1. The fourth-order valence-corrected chi connectivity index (χ4v) is 4.18. The highest BCUT2D eigenvalue weighted by Crippen LogP contribution is 2.17. The SMILES string of the molecule is O=C(Nc1ccccc1)c1cccc(CS(=O)(=O)Cc2ccccc2F)c1. The number of halogens is 1. The normalized spacial score (nSPS) is 11.1. The number of hydrogen-bond acceptors (Lipinski definition) is 3. The Morgan fingerprint density at radius 3 is 2.30 bits per heavy atom. The minimum absolute atomic E-state index is 0.135. The smallest absolute Gasteiger partial charge is 0.255 e. The summed E-state index contributed by atoms with van der Waals surface area (Å²) in [6.45, 7) is 0. The van der Waals surface area contributed by atoms with E-state index in [1.807, 2.05) is 6.07 Å². The van der Waals surface area contributed by atoms with Crippen molar-refractivity contribution in [3.05, 3.63) is 101 Å². The second-order valence-corrected chi connectivity index (χ2v) is 8.21. The molecule has 0 spiro atoms. The first-order valence-corrected chi connectivity index (χ1v) is 10.1. The van der Waals surface area contributed by atoms with Crippen molar-refractivity contribution < 1.29 is 17.6 Å². The van der Waals surface area contributed by atoms with Crippen LogP contribution in [0, 0.1) is 5.82 Å². The molecule has 0 aromatic heterocycles. The quantitative estimate of drug-likeness (QED) is 0.694. The molecule has 0 bridgehead atoms. The van der Waals surface area contributed by atoms with E-state index in [9.17, 15) is 17.6 Å². The Balaban J connectivity index is 1.73. The molecule has 0 aliphatic rings. The number of sulfone groups is 1. The molecular weight excluding hydrogens is 365 g/mol. The molecule has 1 N–H and O–H groups in total. The lowest BCUT2D eigenvalue weighted by Gasteiger charge is -2.08. The van der Waals surface area contributed by atoms with Crippen molar-refractivity contribution >= 4 is 21.4 Å². The first-order valence-electron chi connectivity index (χ1n) is 8.32. The van der Waals surface area contributed by atoms with Crippen LogP contribution in [-0.4, -0.2) is 14.3 Å². The molecule has 27 heavy (non-hydrogen) atoms. The van der Waals surface area contributed by atoms with E-state index in [1.165, 1.54) is 24.3 Å². The fourth-order valence-electron chi connectivity index (χ4n) is 2.68. The number of para-hydroxylation sites is 1. The Bertz CT molecular complexity index is 1050. The zero-order valence-corrected chi connectivity index (χ0v) is 15.2. The number of nitrogens with one attached hydrogen (secondary N) is 1. The highest BCUT2D eigenvalue weighted by molar-refractivity contribution is 7.89. The van der Waals surface area contributed by atoms with Gasteiger partial charge in [-0.1, -0.05) is 48.5 Å². The molecule has 0 heterocycles. The van der Waals surface area contributed by atoms with Crippen molar-refractivity contribution in [3.8, 4) is 0 Å². The largest absolute Gasteiger partial charge is 0.322 e. The molecule has 6 heteroatoms. The standard InChI is InChI=1S/C21H18FNO3S/c22-20-12-5-4-8-18(20)15-27(25,26)14-16-7-6-9-17(13-16)21(24)23-19-10-2-1-3-11-19/h1-13H,14-15H2,(H,23,24). The Morgan fingerprint density at radius 2 is 1.56 bits per heavy atom. The van der Waals surface area contributed by atoms with Crippen LogP contribution in [0.5, 0.6) is 0 Å². The van der Waals surface area contributed by atoms with Crippen LogP contribution in [0.2, 0.25) is 0 Å². The highest BCUT2D eigenvalue weighted by Gasteiger charge is 2.16. The zero-order valence-electron chi connectivity index (χ0n) is 14.4. The molecule has 0 radical (unpaired) electrons. The summed E-state index contributed by atoms with van der Waals surface area (Å²) in [5, 5.41) is 2.76. The van der Waals surface area contributed by atoms with Gasteiger partial charge in [0, 0.05) is 16.8 Å². The topological polar surface area (TPSA) is 63.2 Å². The average Bonchev–Trinajstić information content (AvgIpc) is 2.64. The average molecular weight is 383 g/mol. The molecule has 138 valence electrons. The van der Waals surface area contributed by atoms with E-state index in [-0.39, 0.29) is 23.0 Å². The van der Waals surface area contributed by atoms with Gasteiger partial charge in [-0.3, -0.25) is 4.79 Å². The van der Waals surface area contributed by atoms with Crippen LogP contribution in [0.4, 0.5) is 10.1 Å². The maximum Gasteiger partial charge on any atom is 0.255 e. The van der Waals surface area contributed by atoms with Crippen molar-refractivity contribution in [3.63, 3.8) is 0 Å². The second-order valence-electron chi connectivity index (χ2n) is 6.14. The minimum atomic E-state index is -3.58. The minimum Gasteiger partial charge on any atom is -0.322 e. The monoisotopic (exact) mass is 383 g/mol. The number of amides is 1. The van der Waals surface area contributed by atoms with Gasteiger partial charge in [0.05, 0.1) is 11.5 Å². The van der Waals surface area contributed by atoms with Gasteiger partial charge >= 0.3 is 0 Å². The maximum absolute atomic E-state index is 13.7. The summed E-state index contributed by atoms with van der Waals surface area (Å²) in [6.07, 6.45) is 0. The van der Waals surface area contributed by atoms with E-state index in [0.717, 1.165) is 0 Å². The number of hydrogen-bond donors (Lipinski definition) is 1. The summed E-state index contributed by atoms with van der Waals surface area (Å²) >= 11 is 0. The van der Waals surface area contributed by atoms with Gasteiger partial charge < -0.3 is 5.32 Å². The number of carbonyl (C=O) groups excluding carboxylic acids is 1. The number of anilines is 1. The third-order valence-corrected chi connectivity index (χ3v) is 5.46. The third kappa shape index (κ3) is 5.24. The first-order chi connectivity index (χ1) is 12.9. The molecule has 0 saturated carbocycles. The Labute approximate surface area is 157 Å². The lowest BCUT2D eigenvalue weighted by molar-refractivity contribution is 0.102. The number of benzene rings is 3. The molecule has 1 amide bonds. The van der Waals surface area contributed by atoms with Gasteiger partial charge in [0.25, 0.3) is 5.91 Å². The van der Waals surface area contributed by atoms with E-state index in [1.54, 1.807) is 48.5 Å². The number of carbonyl (C=O) groups is 1. The molecule has 3 aromatic rings. The van der Waals surface area contributed by atoms with Crippen LogP contribution >= 0.6 is 0 Å². The summed E-state index contributed by atoms with van der Waals surface area (Å²) in [6, 6.07) is 21.2. The van der Waals surface area contributed by atoms with E-state index in [0.29, 0.717) is 16.8 Å². The summed E-state index contributed by atoms with van der Waals surface area (Å²) in [5.74, 6) is -1.53. The molecule has 0 aliphatic heterocycles. The van der Waals surface area contributed by atoms with E-state index in [4.69, 9.17) is 0 Å². The molecule has 0 unspecified atom stereocenters. The van der Waals surface area contributed by atoms with Crippen LogP contribution in [0.15, 0.2) is 78.9 Å². The molecule has 3 aromatic carbocycles. The highest BCUT2D eigenvalue weighted by atomic mass is 32.2. The van der Waals surface area contributed by atoms with Crippen molar-refractivity contribution in [2.45, 2.75) is 11.5 Å². The van der Waals surface area contributed by atoms with Crippen molar-refractivity contribution in [2.75, 3.05) is 5.32 Å². The Hall–Kier alpha value is -2.99. The first kappa shape index (κ1) is 18.8. The predicted octanol–water partition coefficient (Wildman–Crippen LogP) is 4.19. The third-order valence-electron chi connectivity index (χ3n) is 3.94.